The Hall–Kier alpha value is -1.89. The Morgan fingerprint density at radius 1 is 0.867 bits per heavy atom. The molecule has 2 aromatic rings. The van der Waals surface area contributed by atoms with E-state index in [1.807, 2.05) is 48.6 Å². The van der Waals surface area contributed by atoms with Crippen LogP contribution in [0.3, 0.4) is 0 Å². The van der Waals surface area contributed by atoms with Gasteiger partial charge in [-0.1, -0.05) is 31.9 Å². The molecule has 0 spiro atoms. The number of piperidine rings is 1. The number of hydrogen-bond acceptors (Lipinski definition) is 4. The van der Waals surface area contributed by atoms with E-state index in [0.717, 1.165) is 55.6 Å². The van der Waals surface area contributed by atoms with Crippen molar-refractivity contribution in [3.63, 3.8) is 0 Å². The monoisotopic (exact) mass is 531 g/mol. The highest BCUT2D eigenvalue weighted by Gasteiger charge is 2.44. The van der Waals surface area contributed by atoms with E-state index in [9.17, 15) is 4.79 Å². The van der Waals surface area contributed by atoms with Crippen LogP contribution in [0.1, 0.15) is 24.0 Å². The summed E-state index contributed by atoms with van der Waals surface area (Å²) in [5.74, 6) is 1.60. The smallest absolute Gasteiger partial charge is 0.188 e. The van der Waals surface area contributed by atoms with Gasteiger partial charge in [0, 0.05) is 43.3 Å². The first-order valence-corrected chi connectivity index (χ1v) is 11.4. The maximum absolute atomic E-state index is 13.6. The first-order valence-electron chi connectivity index (χ1n) is 9.80. The SMILES string of the molecule is COc1ccc(Br)cc1/C=C1/C(=O)/C(=C/c2cc(Br)ccc2OC)C2CCC1N2C. The molecular weight excluding hydrogens is 510 g/mol. The van der Waals surface area contributed by atoms with Crippen LogP contribution >= 0.6 is 31.9 Å². The molecule has 2 aromatic carbocycles. The summed E-state index contributed by atoms with van der Waals surface area (Å²) in [7, 11) is 5.40. The molecule has 30 heavy (non-hydrogen) atoms. The van der Waals surface area contributed by atoms with Gasteiger partial charge in [-0.25, -0.2) is 0 Å². The second kappa shape index (κ2) is 8.69. The summed E-state index contributed by atoms with van der Waals surface area (Å²) < 4.78 is 12.9. The molecule has 0 aromatic heterocycles. The molecule has 4 rings (SSSR count). The van der Waals surface area contributed by atoms with Gasteiger partial charge in [-0.3, -0.25) is 9.69 Å². The fourth-order valence-corrected chi connectivity index (χ4v) is 5.21. The summed E-state index contributed by atoms with van der Waals surface area (Å²) in [6.07, 6.45) is 5.89. The van der Waals surface area contributed by atoms with Crippen LogP contribution in [0.15, 0.2) is 56.5 Å². The molecule has 2 aliphatic heterocycles. The minimum Gasteiger partial charge on any atom is -0.496 e. The van der Waals surface area contributed by atoms with E-state index in [1.165, 1.54) is 0 Å². The fraction of sp³-hybridized carbons (Fsp3) is 0.292. The van der Waals surface area contributed by atoms with E-state index in [4.69, 9.17) is 9.47 Å². The van der Waals surface area contributed by atoms with Crippen molar-refractivity contribution in [2.24, 2.45) is 0 Å². The molecule has 0 aliphatic carbocycles. The van der Waals surface area contributed by atoms with Crippen molar-refractivity contribution in [1.82, 2.24) is 4.90 Å². The highest BCUT2D eigenvalue weighted by atomic mass is 79.9. The van der Waals surface area contributed by atoms with E-state index in [0.29, 0.717) is 0 Å². The Kier molecular flexibility index (Phi) is 6.19. The van der Waals surface area contributed by atoms with Crippen LogP contribution in [0.5, 0.6) is 11.5 Å². The third kappa shape index (κ3) is 3.88. The Morgan fingerprint density at radius 3 is 1.70 bits per heavy atom. The standard InChI is InChI=1S/C24H23Br2NO3/c1-27-20-6-7-21(27)19(13-15-11-17(26)5-9-23(15)30-3)24(28)18(20)12-14-10-16(25)4-8-22(14)29-2/h4-5,8-13,20-21H,6-7H2,1-3H3/b18-12+,19-13+. The summed E-state index contributed by atoms with van der Waals surface area (Å²) in [5.41, 5.74) is 3.41. The summed E-state index contributed by atoms with van der Waals surface area (Å²) in [4.78, 5) is 16.0. The van der Waals surface area contributed by atoms with Gasteiger partial charge in [0.05, 0.1) is 14.2 Å². The van der Waals surface area contributed by atoms with Crippen LogP contribution in [0.25, 0.3) is 12.2 Å². The topological polar surface area (TPSA) is 38.8 Å². The molecule has 2 saturated heterocycles. The molecule has 0 amide bonds. The van der Waals surface area contributed by atoms with Crippen LogP contribution in [0.4, 0.5) is 0 Å². The van der Waals surface area contributed by atoms with E-state index in [1.54, 1.807) is 14.2 Å². The Morgan fingerprint density at radius 2 is 1.30 bits per heavy atom. The second-order valence-corrected chi connectivity index (χ2v) is 9.41. The van der Waals surface area contributed by atoms with Gasteiger partial charge in [0.2, 0.25) is 0 Å². The van der Waals surface area contributed by atoms with Crippen molar-refractivity contribution in [1.29, 1.82) is 0 Å². The maximum atomic E-state index is 13.6. The number of hydrogen-bond donors (Lipinski definition) is 0. The van der Waals surface area contributed by atoms with Crippen LogP contribution < -0.4 is 9.47 Å². The lowest BCUT2D eigenvalue weighted by atomic mass is 9.88. The average molecular weight is 533 g/mol. The molecule has 6 heteroatoms. The molecule has 0 N–H and O–H groups in total. The highest BCUT2D eigenvalue weighted by molar-refractivity contribution is 9.10. The minimum absolute atomic E-state index is 0.102. The molecule has 0 saturated carbocycles. The first kappa shape index (κ1) is 21.3. The predicted molar refractivity (Wildman–Crippen MR) is 127 cm³/mol. The van der Waals surface area contributed by atoms with Gasteiger partial charge < -0.3 is 9.47 Å². The van der Waals surface area contributed by atoms with Crippen molar-refractivity contribution < 1.29 is 14.3 Å². The van der Waals surface area contributed by atoms with E-state index in [2.05, 4.69) is 43.8 Å². The largest absolute Gasteiger partial charge is 0.496 e. The summed E-state index contributed by atoms with van der Waals surface area (Å²) in [5, 5.41) is 0. The van der Waals surface area contributed by atoms with Gasteiger partial charge in [0.15, 0.2) is 5.78 Å². The molecule has 4 nitrogen and oxygen atoms in total. The number of halogens is 2. The number of ether oxygens (including phenoxy) is 2. The van der Waals surface area contributed by atoms with Crippen molar-refractivity contribution in [2.75, 3.05) is 21.3 Å². The highest BCUT2D eigenvalue weighted by Crippen LogP contribution is 2.42. The molecular formula is C24H23Br2NO3. The zero-order valence-electron chi connectivity index (χ0n) is 17.1. The van der Waals surface area contributed by atoms with Crippen molar-refractivity contribution in [3.05, 3.63) is 67.6 Å². The molecule has 2 fully saturated rings. The maximum Gasteiger partial charge on any atom is 0.188 e. The number of ketones is 1. The average Bonchev–Trinajstić information content (AvgIpc) is 3.04. The summed E-state index contributed by atoms with van der Waals surface area (Å²) in [6.45, 7) is 0. The third-order valence-electron chi connectivity index (χ3n) is 5.94. The fourth-order valence-electron chi connectivity index (χ4n) is 4.45. The zero-order chi connectivity index (χ0) is 21.4. The van der Waals surface area contributed by atoms with Crippen LogP contribution in [0.2, 0.25) is 0 Å². The lowest BCUT2D eigenvalue weighted by molar-refractivity contribution is -0.114. The van der Waals surface area contributed by atoms with Gasteiger partial charge in [-0.2, -0.15) is 0 Å². The number of nitrogens with zero attached hydrogens (tertiary/aromatic N) is 1. The number of benzene rings is 2. The summed E-state index contributed by atoms with van der Waals surface area (Å²) in [6, 6.07) is 11.9. The van der Waals surface area contributed by atoms with Gasteiger partial charge in [-0.05, 0) is 68.4 Å². The number of carbonyl (C=O) groups is 1. The van der Waals surface area contributed by atoms with E-state index < -0.39 is 0 Å². The number of likely N-dealkylation sites (N-methyl/N-ethyl adjacent to an activating group) is 1. The Labute approximate surface area is 193 Å². The number of rotatable bonds is 4. The van der Waals surface area contributed by atoms with Crippen molar-refractivity contribution in [3.8, 4) is 11.5 Å². The van der Waals surface area contributed by atoms with Crippen molar-refractivity contribution >= 4 is 49.8 Å². The lowest BCUT2D eigenvalue weighted by Crippen LogP contribution is -2.43. The van der Waals surface area contributed by atoms with Gasteiger partial charge in [0.25, 0.3) is 0 Å². The predicted octanol–water partition coefficient (Wildman–Crippen LogP) is 5.74. The molecule has 0 radical (unpaired) electrons. The Bertz CT molecular complexity index is 979. The molecule has 2 heterocycles. The molecule has 156 valence electrons. The number of carbonyl (C=O) groups excluding carboxylic acids is 1. The van der Waals surface area contributed by atoms with Crippen LogP contribution in [-0.2, 0) is 4.79 Å². The number of methoxy groups -OCH3 is 2. The van der Waals surface area contributed by atoms with Gasteiger partial charge >= 0.3 is 0 Å². The molecule has 2 atom stereocenters. The normalized spacial score (nSPS) is 24.0. The van der Waals surface area contributed by atoms with Gasteiger partial charge in [-0.15, -0.1) is 0 Å². The van der Waals surface area contributed by atoms with Crippen molar-refractivity contribution in [2.45, 2.75) is 24.9 Å². The summed E-state index contributed by atoms with van der Waals surface area (Å²) >= 11 is 7.05. The molecule has 2 unspecified atom stereocenters. The minimum atomic E-state index is 0.102. The lowest BCUT2D eigenvalue weighted by Gasteiger charge is -2.34. The second-order valence-electron chi connectivity index (χ2n) is 7.58. The number of Topliss-reactive ketones (excluding diaryl/α,β-unsaturated/α-hetero) is 1. The zero-order valence-corrected chi connectivity index (χ0v) is 20.3. The van der Waals surface area contributed by atoms with Crippen LogP contribution in [-0.4, -0.2) is 44.0 Å². The first-order chi connectivity index (χ1) is 14.4. The Balaban J connectivity index is 1.83. The third-order valence-corrected chi connectivity index (χ3v) is 6.93. The quantitative estimate of drug-likeness (QED) is 0.470. The van der Waals surface area contributed by atoms with Gasteiger partial charge in [0.1, 0.15) is 11.5 Å². The number of fused-ring (bicyclic) bond motifs is 2. The van der Waals surface area contributed by atoms with E-state index >= 15 is 0 Å². The molecule has 2 bridgehead atoms. The van der Waals surface area contributed by atoms with E-state index in [-0.39, 0.29) is 17.9 Å². The van der Waals surface area contributed by atoms with Crippen LogP contribution in [0, 0.1) is 0 Å². The molecule has 2 aliphatic rings.